The Morgan fingerprint density at radius 1 is 1.05 bits per heavy atom. The van der Waals surface area contributed by atoms with Crippen LogP contribution in [0.15, 0.2) is 23.1 Å². The number of sulfonamides is 1. The van der Waals surface area contributed by atoms with E-state index in [1.807, 2.05) is 13.8 Å². The van der Waals surface area contributed by atoms with E-state index < -0.39 is 16.1 Å². The van der Waals surface area contributed by atoms with Crippen LogP contribution in [-0.4, -0.2) is 63.4 Å². The molecule has 3 atom stereocenters. The van der Waals surface area contributed by atoms with Crippen molar-refractivity contribution in [3.05, 3.63) is 28.2 Å². The zero-order valence-corrected chi connectivity index (χ0v) is 24.1. The van der Waals surface area contributed by atoms with Gasteiger partial charge in [-0.05, 0) is 82.2 Å². The first-order valence-electron chi connectivity index (χ1n) is 13.3. The molecule has 3 N–H and O–H groups in total. The molecular formula is C26H40Cl2N4O4S. The summed E-state index contributed by atoms with van der Waals surface area (Å²) in [5, 5.41) is 6.41. The number of hydrogen-bond acceptors (Lipinski definition) is 5. The summed E-state index contributed by atoms with van der Waals surface area (Å²) in [6.07, 6.45) is 7.06. The minimum absolute atomic E-state index is 0.0114. The van der Waals surface area contributed by atoms with E-state index in [1.165, 1.54) is 31.0 Å². The van der Waals surface area contributed by atoms with E-state index in [2.05, 4.69) is 20.3 Å². The van der Waals surface area contributed by atoms with E-state index in [0.29, 0.717) is 31.8 Å². The molecule has 0 radical (unpaired) electrons. The fourth-order valence-corrected chi connectivity index (χ4v) is 6.60. The Kier molecular flexibility index (Phi) is 11.5. The van der Waals surface area contributed by atoms with Gasteiger partial charge in [0.2, 0.25) is 21.8 Å². The highest BCUT2D eigenvalue weighted by atomic mass is 35.5. The van der Waals surface area contributed by atoms with Crippen molar-refractivity contribution in [1.82, 2.24) is 20.3 Å². The summed E-state index contributed by atoms with van der Waals surface area (Å²) in [6.45, 7) is 6.79. The zero-order valence-electron chi connectivity index (χ0n) is 21.8. The Labute approximate surface area is 231 Å². The third kappa shape index (κ3) is 9.10. The summed E-state index contributed by atoms with van der Waals surface area (Å²) < 4.78 is 27.4. The van der Waals surface area contributed by atoms with Gasteiger partial charge in [-0.2, -0.15) is 0 Å². The molecular weight excluding hydrogens is 535 g/mol. The largest absolute Gasteiger partial charge is 0.354 e. The molecule has 8 nitrogen and oxygen atoms in total. The lowest BCUT2D eigenvalue weighted by Crippen LogP contribution is -2.52. The number of unbranched alkanes of at least 4 members (excludes halogenated alkanes) is 1. The van der Waals surface area contributed by atoms with E-state index in [4.69, 9.17) is 23.2 Å². The average molecular weight is 576 g/mol. The molecule has 0 aliphatic carbocycles. The van der Waals surface area contributed by atoms with Crippen LogP contribution in [0.2, 0.25) is 10.0 Å². The Morgan fingerprint density at radius 3 is 2.54 bits per heavy atom. The second-order valence-corrected chi connectivity index (χ2v) is 13.2. The van der Waals surface area contributed by atoms with Crippen LogP contribution < -0.4 is 15.4 Å². The van der Waals surface area contributed by atoms with Gasteiger partial charge >= 0.3 is 0 Å². The maximum atomic E-state index is 13.0. The van der Waals surface area contributed by atoms with Crippen molar-refractivity contribution in [2.24, 2.45) is 11.8 Å². The molecule has 2 heterocycles. The van der Waals surface area contributed by atoms with Crippen molar-refractivity contribution in [3.63, 3.8) is 0 Å². The van der Waals surface area contributed by atoms with Crippen LogP contribution in [0.1, 0.15) is 65.2 Å². The molecule has 208 valence electrons. The summed E-state index contributed by atoms with van der Waals surface area (Å²) in [5.41, 5.74) is 0. The van der Waals surface area contributed by atoms with Gasteiger partial charge in [0.15, 0.2) is 0 Å². The number of piperidine rings is 2. The smallest absolute Gasteiger partial charge is 0.242 e. The normalized spacial score (nSPS) is 21.3. The van der Waals surface area contributed by atoms with Gasteiger partial charge in [-0.25, -0.2) is 13.1 Å². The molecule has 2 aliphatic rings. The lowest BCUT2D eigenvalue weighted by molar-refractivity contribution is -0.133. The van der Waals surface area contributed by atoms with Crippen molar-refractivity contribution in [3.8, 4) is 0 Å². The maximum Gasteiger partial charge on any atom is 0.242 e. The van der Waals surface area contributed by atoms with Crippen LogP contribution in [0.4, 0.5) is 0 Å². The maximum absolute atomic E-state index is 13.0. The van der Waals surface area contributed by atoms with Gasteiger partial charge in [-0.15, -0.1) is 0 Å². The third-order valence-corrected chi connectivity index (χ3v) is 9.38. The van der Waals surface area contributed by atoms with Gasteiger partial charge in [0.25, 0.3) is 0 Å². The van der Waals surface area contributed by atoms with Crippen LogP contribution in [0.25, 0.3) is 0 Å². The Morgan fingerprint density at radius 2 is 1.81 bits per heavy atom. The van der Waals surface area contributed by atoms with E-state index in [1.54, 1.807) is 0 Å². The average Bonchev–Trinajstić information content (AvgIpc) is 2.86. The van der Waals surface area contributed by atoms with Crippen LogP contribution >= 0.6 is 23.2 Å². The molecule has 0 bridgehead atoms. The highest BCUT2D eigenvalue weighted by molar-refractivity contribution is 7.89. The van der Waals surface area contributed by atoms with Crippen molar-refractivity contribution >= 4 is 45.0 Å². The number of halogens is 2. The molecule has 2 fully saturated rings. The zero-order chi connectivity index (χ0) is 27.0. The van der Waals surface area contributed by atoms with Crippen LogP contribution in [0.3, 0.4) is 0 Å². The summed E-state index contributed by atoms with van der Waals surface area (Å²) in [6, 6.07) is 4.08. The second kappa shape index (κ2) is 14.1. The van der Waals surface area contributed by atoms with Crippen LogP contribution in [0.5, 0.6) is 0 Å². The molecule has 11 heteroatoms. The SMILES string of the molecule is CC(C)C[C@H](NC(=O)[C@H]1CCN2CCCCC2C1)C(=O)NCCCCNS(=O)(=O)c1ccc(Cl)c(Cl)c1. The molecule has 0 aromatic heterocycles. The Balaban J connectivity index is 1.41. The summed E-state index contributed by atoms with van der Waals surface area (Å²) in [7, 11) is -3.69. The first-order valence-corrected chi connectivity index (χ1v) is 15.6. The number of carbonyl (C=O) groups is 2. The summed E-state index contributed by atoms with van der Waals surface area (Å²) >= 11 is 11.8. The quantitative estimate of drug-likeness (QED) is 0.327. The highest BCUT2D eigenvalue weighted by Gasteiger charge is 2.34. The minimum atomic E-state index is -3.69. The van der Waals surface area contributed by atoms with Gasteiger partial charge in [0.05, 0.1) is 14.9 Å². The molecule has 37 heavy (non-hydrogen) atoms. The summed E-state index contributed by atoms with van der Waals surface area (Å²) in [4.78, 5) is 28.5. The lowest BCUT2D eigenvalue weighted by atomic mass is 9.85. The predicted octanol–water partition coefficient (Wildman–Crippen LogP) is 3.96. The van der Waals surface area contributed by atoms with Crippen molar-refractivity contribution in [1.29, 1.82) is 0 Å². The predicted molar refractivity (Wildman–Crippen MR) is 147 cm³/mol. The fraction of sp³-hybridized carbons (Fsp3) is 0.692. The van der Waals surface area contributed by atoms with Crippen LogP contribution in [-0.2, 0) is 19.6 Å². The number of fused-ring (bicyclic) bond motifs is 1. The second-order valence-electron chi connectivity index (χ2n) is 10.6. The topological polar surface area (TPSA) is 108 Å². The molecule has 1 aromatic rings. The first kappa shape index (κ1) is 30.2. The summed E-state index contributed by atoms with van der Waals surface area (Å²) in [5.74, 6) is 0.0219. The Bertz CT molecular complexity index is 1040. The fourth-order valence-electron chi connectivity index (χ4n) is 5.14. The lowest BCUT2D eigenvalue weighted by Gasteiger charge is -2.42. The van der Waals surface area contributed by atoms with E-state index in [0.717, 1.165) is 32.4 Å². The number of benzene rings is 1. The molecule has 0 spiro atoms. The number of carbonyl (C=O) groups excluding carboxylic acids is 2. The van der Waals surface area contributed by atoms with Gasteiger partial charge in [0.1, 0.15) is 6.04 Å². The van der Waals surface area contributed by atoms with Gasteiger partial charge in [-0.1, -0.05) is 43.5 Å². The van der Waals surface area contributed by atoms with E-state index in [-0.39, 0.29) is 45.1 Å². The van der Waals surface area contributed by atoms with Crippen molar-refractivity contribution < 1.29 is 18.0 Å². The van der Waals surface area contributed by atoms with Crippen molar-refractivity contribution in [2.45, 2.75) is 82.2 Å². The Hall–Kier alpha value is -1.39. The molecule has 1 aromatic carbocycles. The monoisotopic (exact) mass is 574 g/mol. The number of hydrogen-bond donors (Lipinski definition) is 3. The van der Waals surface area contributed by atoms with E-state index >= 15 is 0 Å². The third-order valence-electron chi connectivity index (χ3n) is 7.18. The van der Waals surface area contributed by atoms with Crippen LogP contribution in [0, 0.1) is 11.8 Å². The van der Waals surface area contributed by atoms with E-state index in [9.17, 15) is 18.0 Å². The highest BCUT2D eigenvalue weighted by Crippen LogP contribution is 2.30. The molecule has 2 amide bonds. The standard InChI is InChI=1S/C26H40Cl2N4O4S/c1-18(2)15-24(31-25(33)19-10-14-32-13-6-3-7-20(32)16-19)26(34)29-11-4-5-12-30-37(35,36)21-8-9-22(27)23(28)17-21/h8-9,17-20,24,30H,3-7,10-16H2,1-2H3,(H,29,34)(H,31,33)/t19-,20?,24-/m0/s1. The number of nitrogens with zero attached hydrogens (tertiary/aromatic N) is 1. The first-order chi connectivity index (χ1) is 17.6. The molecule has 2 saturated heterocycles. The minimum Gasteiger partial charge on any atom is -0.354 e. The molecule has 2 aliphatic heterocycles. The van der Waals surface area contributed by atoms with Gasteiger partial charge in [-0.3, -0.25) is 9.59 Å². The number of amides is 2. The molecule has 3 rings (SSSR count). The molecule has 1 unspecified atom stereocenters. The number of rotatable bonds is 12. The molecule has 0 saturated carbocycles. The van der Waals surface area contributed by atoms with Crippen molar-refractivity contribution in [2.75, 3.05) is 26.2 Å². The van der Waals surface area contributed by atoms with Gasteiger partial charge < -0.3 is 15.5 Å². The number of nitrogens with one attached hydrogen (secondary N) is 3. The van der Waals surface area contributed by atoms with Gasteiger partial charge in [0, 0.05) is 25.0 Å².